The monoisotopic (exact) mass is 428 g/mol. The van der Waals surface area contributed by atoms with Crippen molar-refractivity contribution in [3.63, 3.8) is 0 Å². The van der Waals surface area contributed by atoms with Crippen LogP contribution in [0.2, 0.25) is 5.02 Å². The van der Waals surface area contributed by atoms with Crippen molar-refractivity contribution in [3.05, 3.63) is 64.3 Å². The van der Waals surface area contributed by atoms with Crippen molar-refractivity contribution in [1.29, 1.82) is 0 Å². The lowest BCUT2D eigenvalue weighted by Crippen LogP contribution is -2.15. The molecule has 1 N–H and O–H groups in total. The van der Waals surface area contributed by atoms with E-state index in [0.29, 0.717) is 21.5 Å². The minimum absolute atomic E-state index is 0.188. The van der Waals surface area contributed by atoms with Crippen molar-refractivity contribution in [2.24, 2.45) is 0 Å². The maximum Gasteiger partial charge on any atom is 0.256 e. The molecular weight excluding hydrogens is 412 g/mol. The first kappa shape index (κ1) is 19.0. The molecule has 0 aliphatic rings. The lowest BCUT2D eigenvalue weighted by atomic mass is 10.2. The van der Waals surface area contributed by atoms with Crippen LogP contribution in [0.4, 0.5) is 5.82 Å². The van der Waals surface area contributed by atoms with Crippen molar-refractivity contribution in [2.75, 3.05) is 11.6 Å². The number of nitrogens with one attached hydrogen (secondary N) is 1. The summed E-state index contributed by atoms with van der Waals surface area (Å²) < 4.78 is 2.57. The Labute approximate surface area is 175 Å². The number of anilines is 1. The van der Waals surface area contributed by atoms with Crippen LogP contribution in [0, 0.1) is 13.8 Å². The number of fused-ring (bicyclic) bond motifs is 1. The van der Waals surface area contributed by atoms with Crippen LogP contribution < -0.4 is 5.32 Å². The molecule has 142 valence electrons. The third-order valence-corrected chi connectivity index (χ3v) is 6.49. The van der Waals surface area contributed by atoms with Gasteiger partial charge in [0.25, 0.3) is 5.91 Å². The second kappa shape index (κ2) is 7.58. The van der Waals surface area contributed by atoms with Crippen molar-refractivity contribution in [2.45, 2.75) is 18.7 Å². The van der Waals surface area contributed by atoms with E-state index in [9.17, 15) is 4.79 Å². The van der Waals surface area contributed by atoms with Gasteiger partial charge in [-0.1, -0.05) is 35.1 Å². The van der Waals surface area contributed by atoms with Gasteiger partial charge in [0.05, 0.1) is 20.9 Å². The van der Waals surface area contributed by atoms with Gasteiger partial charge in [-0.2, -0.15) is 9.78 Å². The molecule has 1 amide bonds. The van der Waals surface area contributed by atoms with Crippen LogP contribution in [0.1, 0.15) is 21.6 Å². The summed E-state index contributed by atoms with van der Waals surface area (Å²) in [6.45, 7) is 3.88. The number of aryl methyl sites for hydroxylation is 2. The molecule has 0 unspecified atom stereocenters. The van der Waals surface area contributed by atoms with E-state index in [2.05, 4.69) is 10.4 Å². The van der Waals surface area contributed by atoms with Crippen LogP contribution >= 0.6 is 34.7 Å². The fourth-order valence-corrected chi connectivity index (χ4v) is 4.61. The number of benzene rings is 2. The van der Waals surface area contributed by atoms with Crippen molar-refractivity contribution < 1.29 is 4.79 Å². The van der Waals surface area contributed by atoms with Gasteiger partial charge in [0, 0.05) is 16.5 Å². The third-order valence-electron chi connectivity index (χ3n) is 4.27. The maximum atomic E-state index is 12.8. The highest BCUT2D eigenvalue weighted by molar-refractivity contribution is 7.98. The van der Waals surface area contributed by atoms with Gasteiger partial charge in [0.15, 0.2) is 0 Å². The van der Waals surface area contributed by atoms with Crippen LogP contribution in [-0.2, 0) is 0 Å². The molecule has 0 atom stereocenters. The molecule has 2 aromatic heterocycles. The molecule has 0 saturated carbocycles. The molecule has 0 fully saturated rings. The summed E-state index contributed by atoms with van der Waals surface area (Å²) in [5.74, 6) is 0.386. The Morgan fingerprint density at radius 3 is 2.79 bits per heavy atom. The number of rotatable bonds is 4. The molecule has 2 aromatic carbocycles. The first-order valence-corrected chi connectivity index (χ1v) is 11.0. The number of halogens is 1. The van der Waals surface area contributed by atoms with Crippen LogP contribution in [0.5, 0.6) is 0 Å². The second-order valence-corrected chi connectivity index (χ2v) is 8.57. The van der Waals surface area contributed by atoms with Crippen LogP contribution in [0.25, 0.3) is 15.3 Å². The predicted octanol–water partition coefficient (Wildman–Crippen LogP) is 5.73. The minimum atomic E-state index is -0.188. The number of thiazole rings is 1. The smallest absolute Gasteiger partial charge is 0.256 e. The first-order chi connectivity index (χ1) is 13.5. The van der Waals surface area contributed by atoms with Gasteiger partial charge in [-0.15, -0.1) is 11.8 Å². The summed E-state index contributed by atoms with van der Waals surface area (Å²) in [5, 5.41) is 8.80. The Bertz CT molecular complexity index is 1160. The highest BCUT2D eigenvalue weighted by atomic mass is 35.5. The van der Waals surface area contributed by atoms with Crippen molar-refractivity contribution in [3.8, 4) is 5.13 Å². The van der Waals surface area contributed by atoms with E-state index in [0.717, 1.165) is 26.4 Å². The number of thioether (sulfide) groups is 1. The van der Waals surface area contributed by atoms with Gasteiger partial charge in [0.1, 0.15) is 5.82 Å². The van der Waals surface area contributed by atoms with Gasteiger partial charge < -0.3 is 5.32 Å². The highest BCUT2D eigenvalue weighted by Crippen LogP contribution is 2.34. The number of amides is 1. The van der Waals surface area contributed by atoms with E-state index < -0.39 is 0 Å². The molecular formula is C20H17ClN4OS2. The lowest BCUT2D eigenvalue weighted by molar-refractivity contribution is 0.102. The first-order valence-electron chi connectivity index (χ1n) is 8.54. The number of hydrogen-bond donors (Lipinski definition) is 1. The summed E-state index contributed by atoms with van der Waals surface area (Å²) >= 11 is 9.38. The number of aromatic nitrogens is 3. The molecule has 28 heavy (non-hydrogen) atoms. The van der Waals surface area contributed by atoms with Crippen LogP contribution in [0.15, 0.2) is 47.4 Å². The van der Waals surface area contributed by atoms with Crippen LogP contribution in [0.3, 0.4) is 0 Å². The van der Waals surface area contributed by atoms with Crippen LogP contribution in [-0.4, -0.2) is 26.9 Å². The molecule has 4 rings (SSSR count). The largest absolute Gasteiger partial charge is 0.306 e. The van der Waals surface area contributed by atoms with Gasteiger partial charge in [0.2, 0.25) is 5.13 Å². The normalized spacial score (nSPS) is 11.1. The van der Waals surface area contributed by atoms with Gasteiger partial charge in [-0.25, -0.2) is 4.98 Å². The molecule has 0 radical (unpaired) electrons. The Kier molecular flexibility index (Phi) is 5.14. The zero-order valence-corrected chi connectivity index (χ0v) is 17.9. The zero-order valence-electron chi connectivity index (χ0n) is 15.5. The molecule has 0 spiro atoms. The fourth-order valence-electron chi connectivity index (χ4n) is 2.87. The highest BCUT2D eigenvalue weighted by Gasteiger charge is 2.17. The summed E-state index contributed by atoms with van der Waals surface area (Å²) in [6.07, 6.45) is 1.98. The molecule has 5 nitrogen and oxygen atoms in total. The van der Waals surface area contributed by atoms with Crippen molar-refractivity contribution >= 4 is 56.6 Å². The van der Waals surface area contributed by atoms with E-state index in [1.54, 1.807) is 22.5 Å². The van der Waals surface area contributed by atoms with Gasteiger partial charge in [-0.05, 0) is 49.9 Å². The summed E-state index contributed by atoms with van der Waals surface area (Å²) in [6, 6.07) is 13.2. The van der Waals surface area contributed by atoms with E-state index in [4.69, 9.17) is 16.6 Å². The molecule has 4 aromatic rings. The SMILES string of the molecule is CSc1cccc(C(=O)Nc2cc(C)nn2-c2nc3c(C)ccc(Cl)c3s2)c1. The molecule has 0 saturated heterocycles. The number of hydrogen-bond acceptors (Lipinski definition) is 5. The standard InChI is InChI=1S/C20H17ClN4OS2/c1-11-7-8-15(21)18-17(11)23-20(28-18)25-16(9-12(2)24-25)22-19(26)13-5-4-6-14(10-13)27-3/h4-10H,1-3H3,(H,22,26). The van der Waals surface area contributed by atoms with E-state index >= 15 is 0 Å². The van der Waals surface area contributed by atoms with E-state index in [1.165, 1.54) is 11.3 Å². The topological polar surface area (TPSA) is 59.8 Å². The third kappa shape index (κ3) is 3.53. The van der Waals surface area contributed by atoms with Gasteiger partial charge >= 0.3 is 0 Å². The van der Waals surface area contributed by atoms with E-state index in [-0.39, 0.29) is 5.91 Å². The second-order valence-electron chi connectivity index (χ2n) is 6.31. The lowest BCUT2D eigenvalue weighted by Gasteiger charge is -2.07. The Morgan fingerprint density at radius 1 is 1.21 bits per heavy atom. The molecule has 0 aliphatic heterocycles. The molecule has 2 heterocycles. The average molecular weight is 429 g/mol. The molecule has 8 heteroatoms. The van der Waals surface area contributed by atoms with E-state index in [1.807, 2.05) is 56.5 Å². The molecule has 0 bridgehead atoms. The average Bonchev–Trinajstić information content (AvgIpc) is 3.29. The zero-order chi connectivity index (χ0) is 19.8. The Morgan fingerprint density at radius 2 is 2.04 bits per heavy atom. The number of nitrogens with zero attached hydrogens (tertiary/aromatic N) is 3. The Hall–Kier alpha value is -2.35. The summed E-state index contributed by atoms with van der Waals surface area (Å²) in [7, 11) is 0. The van der Waals surface area contributed by atoms with Gasteiger partial charge in [-0.3, -0.25) is 4.79 Å². The Balaban J connectivity index is 1.72. The van der Waals surface area contributed by atoms with Crippen molar-refractivity contribution in [1.82, 2.24) is 14.8 Å². The quantitative estimate of drug-likeness (QED) is 0.422. The maximum absolute atomic E-state index is 12.8. The summed E-state index contributed by atoms with van der Waals surface area (Å²) in [4.78, 5) is 18.5. The minimum Gasteiger partial charge on any atom is -0.306 e. The fraction of sp³-hybridized carbons (Fsp3) is 0.150. The predicted molar refractivity (Wildman–Crippen MR) is 117 cm³/mol. The summed E-state index contributed by atoms with van der Waals surface area (Å²) in [5.41, 5.74) is 3.28. The number of carbonyl (C=O) groups excluding carboxylic acids is 1. The molecule has 0 aliphatic carbocycles. The number of carbonyl (C=O) groups is 1.